The minimum Gasteiger partial charge on any atom is -0.490 e. The van der Waals surface area contributed by atoms with Crippen LogP contribution in [0, 0.1) is 17.6 Å². The van der Waals surface area contributed by atoms with E-state index < -0.39 is 11.6 Å². The monoisotopic (exact) mass is 424 g/mol. The Morgan fingerprint density at radius 2 is 1.77 bits per heavy atom. The predicted molar refractivity (Wildman–Crippen MR) is 115 cm³/mol. The standard InChI is InChI=1S/C25H38F2O3/c1-3-5-6-20-10-7-18(16-29-20)17-30-21-11-8-19(9-12-21)22-13-14-23(28-15-4-2)25(27)24(22)26/h13-14,18-21H,3-12,15-17H2,1-2H3. The molecule has 2 unspecified atom stereocenters. The summed E-state index contributed by atoms with van der Waals surface area (Å²) >= 11 is 0. The molecule has 0 N–H and O–H groups in total. The summed E-state index contributed by atoms with van der Waals surface area (Å²) in [5.41, 5.74) is 0.480. The molecular weight excluding hydrogens is 386 g/mol. The van der Waals surface area contributed by atoms with E-state index in [2.05, 4.69) is 6.92 Å². The Morgan fingerprint density at radius 3 is 2.43 bits per heavy atom. The molecule has 3 nitrogen and oxygen atoms in total. The summed E-state index contributed by atoms with van der Waals surface area (Å²) < 4.78 is 46.3. The van der Waals surface area contributed by atoms with Crippen molar-refractivity contribution in [2.45, 2.75) is 96.2 Å². The zero-order valence-electron chi connectivity index (χ0n) is 18.6. The van der Waals surface area contributed by atoms with Gasteiger partial charge in [-0.25, -0.2) is 4.39 Å². The first-order chi connectivity index (χ1) is 14.6. The van der Waals surface area contributed by atoms with Gasteiger partial charge in [0.15, 0.2) is 11.6 Å². The van der Waals surface area contributed by atoms with Crippen molar-refractivity contribution >= 4 is 0 Å². The summed E-state index contributed by atoms with van der Waals surface area (Å²) in [5.74, 6) is -1.04. The Bertz CT molecular complexity index is 636. The lowest BCUT2D eigenvalue weighted by Gasteiger charge is -2.32. The summed E-state index contributed by atoms with van der Waals surface area (Å²) in [4.78, 5) is 0. The summed E-state index contributed by atoms with van der Waals surface area (Å²) in [6, 6.07) is 3.27. The van der Waals surface area contributed by atoms with E-state index >= 15 is 0 Å². The maximum atomic E-state index is 14.6. The van der Waals surface area contributed by atoms with E-state index in [1.165, 1.54) is 25.7 Å². The molecule has 1 aromatic rings. The number of hydrogen-bond acceptors (Lipinski definition) is 3. The van der Waals surface area contributed by atoms with Crippen LogP contribution in [0.2, 0.25) is 0 Å². The molecule has 1 heterocycles. The van der Waals surface area contributed by atoms with Gasteiger partial charge in [-0.2, -0.15) is 4.39 Å². The molecule has 0 aromatic heterocycles. The van der Waals surface area contributed by atoms with Gasteiger partial charge in [0.2, 0.25) is 5.82 Å². The third-order valence-electron chi connectivity index (χ3n) is 6.56. The van der Waals surface area contributed by atoms with Gasteiger partial charge in [0.25, 0.3) is 0 Å². The summed E-state index contributed by atoms with van der Waals surface area (Å²) in [6.07, 6.45) is 10.8. The molecule has 2 atom stereocenters. The number of benzene rings is 1. The highest BCUT2D eigenvalue weighted by Crippen LogP contribution is 2.37. The molecule has 3 rings (SSSR count). The number of rotatable bonds is 10. The van der Waals surface area contributed by atoms with Gasteiger partial charge in [-0.1, -0.05) is 32.8 Å². The van der Waals surface area contributed by atoms with Crippen molar-refractivity contribution in [3.63, 3.8) is 0 Å². The molecule has 1 saturated heterocycles. The fourth-order valence-corrected chi connectivity index (χ4v) is 4.65. The summed E-state index contributed by atoms with van der Waals surface area (Å²) in [7, 11) is 0. The lowest BCUT2D eigenvalue weighted by atomic mass is 9.82. The van der Waals surface area contributed by atoms with Gasteiger partial charge in [0, 0.05) is 5.92 Å². The maximum Gasteiger partial charge on any atom is 0.200 e. The predicted octanol–water partition coefficient (Wildman–Crippen LogP) is 6.78. The quantitative estimate of drug-likeness (QED) is 0.414. The molecule has 1 aliphatic carbocycles. The minimum absolute atomic E-state index is 0.0155. The Hall–Kier alpha value is -1.20. The highest BCUT2D eigenvalue weighted by atomic mass is 19.2. The molecule has 2 aliphatic rings. The topological polar surface area (TPSA) is 27.7 Å². The third-order valence-corrected chi connectivity index (χ3v) is 6.56. The average molecular weight is 425 g/mol. The van der Waals surface area contributed by atoms with Crippen molar-refractivity contribution in [1.29, 1.82) is 0 Å². The molecule has 170 valence electrons. The van der Waals surface area contributed by atoms with Crippen LogP contribution in [0.1, 0.15) is 89.5 Å². The SMILES string of the molecule is CCCCC1CCC(COC2CCC(c3ccc(OCCC)c(F)c3F)CC2)CO1. The minimum atomic E-state index is -0.853. The zero-order valence-corrected chi connectivity index (χ0v) is 18.6. The first-order valence-electron chi connectivity index (χ1n) is 12.0. The van der Waals surface area contributed by atoms with Gasteiger partial charge in [0.1, 0.15) is 0 Å². The van der Waals surface area contributed by atoms with Gasteiger partial charge in [-0.15, -0.1) is 0 Å². The highest BCUT2D eigenvalue weighted by molar-refractivity contribution is 5.33. The normalized spacial score (nSPS) is 27.2. The van der Waals surface area contributed by atoms with Crippen molar-refractivity contribution in [1.82, 2.24) is 0 Å². The second kappa shape index (κ2) is 12.0. The highest BCUT2D eigenvalue weighted by Gasteiger charge is 2.28. The maximum absolute atomic E-state index is 14.6. The lowest BCUT2D eigenvalue weighted by Crippen LogP contribution is -2.31. The molecule has 1 aliphatic heterocycles. The van der Waals surface area contributed by atoms with E-state index in [9.17, 15) is 8.78 Å². The van der Waals surface area contributed by atoms with E-state index in [0.29, 0.717) is 24.2 Å². The summed E-state index contributed by atoms with van der Waals surface area (Å²) in [6.45, 7) is 6.11. The first-order valence-corrected chi connectivity index (χ1v) is 12.0. The van der Waals surface area contributed by atoms with Crippen molar-refractivity contribution in [3.05, 3.63) is 29.3 Å². The van der Waals surface area contributed by atoms with Crippen LogP contribution in [0.4, 0.5) is 8.78 Å². The molecule has 1 aromatic carbocycles. The second-order valence-corrected chi connectivity index (χ2v) is 8.98. The smallest absolute Gasteiger partial charge is 0.200 e. The molecule has 0 bridgehead atoms. The Balaban J connectivity index is 1.41. The van der Waals surface area contributed by atoms with Crippen LogP contribution in [0.25, 0.3) is 0 Å². The van der Waals surface area contributed by atoms with Crippen LogP contribution >= 0.6 is 0 Å². The van der Waals surface area contributed by atoms with Gasteiger partial charge >= 0.3 is 0 Å². The van der Waals surface area contributed by atoms with Gasteiger partial charge in [-0.3, -0.25) is 0 Å². The third kappa shape index (κ3) is 6.40. The molecule has 5 heteroatoms. The van der Waals surface area contributed by atoms with E-state index in [0.717, 1.165) is 51.7 Å². The first kappa shape index (κ1) is 23.5. The Labute approximate surface area is 180 Å². The Morgan fingerprint density at radius 1 is 0.967 bits per heavy atom. The Kier molecular flexibility index (Phi) is 9.38. The number of unbranched alkanes of at least 4 members (excludes halogenated alkanes) is 1. The fraction of sp³-hybridized carbons (Fsp3) is 0.760. The van der Waals surface area contributed by atoms with E-state index in [-0.39, 0.29) is 17.8 Å². The number of ether oxygens (including phenoxy) is 3. The summed E-state index contributed by atoms with van der Waals surface area (Å²) in [5, 5.41) is 0. The zero-order chi connectivity index (χ0) is 21.3. The van der Waals surface area contributed by atoms with E-state index in [4.69, 9.17) is 14.2 Å². The molecule has 2 fully saturated rings. The fourth-order valence-electron chi connectivity index (χ4n) is 4.65. The van der Waals surface area contributed by atoms with E-state index in [1.54, 1.807) is 12.1 Å². The lowest BCUT2D eigenvalue weighted by molar-refractivity contribution is -0.0650. The molecule has 0 amide bonds. The average Bonchev–Trinajstić information content (AvgIpc) is 2.78. The molecule has 1 saturated carbocycles. The van der Waals surface area contributed by atoms with Crippen LogP contribution < -0.4 is 4.74 Å². The van der Waals surface area contributed by atoms with Crippen LogP contribution in [0.15, 0.2) is 12.1 Å². The van der Waals surface area contributed by atoms with Crippen molar-refractivity contribution in [3.8, 4) is 5.75 Å². The molecular formula is C25H38F2O3. The van der Waals surface area contributed by atoms with Crippen LogP contribution in [0.3, 0.4) is 0 Å². The van der Waals surface area contributed by atoms with Gasteiger partial charge in [0.05, 0.1) is 32.0 Å². The largest absolute Gasteiger partial charge is 0.490 e. The molecule has 0 radical (unpaired) electrons. The van der Waals surface area contributed by atoms with Crippen molar-refractivity contribution < 1.29 is 23.0 Å². The van der Waals surface area contributed by atoms with Gasteiger partial charge in [-0.05, 0) is 68.9 Å². The van der Waals surface area contributed by atoms with E-state index in [1.807, 2.05) is 6.92 Å². The molecule has 0 spiro atoms. The van der Waals surface area contributed by atoms with Gasteiger partial charge < -0.3 is 14.2 Å². The molecule has 30 heavy (non-hydrogen) atoms. The second-order valence-electron chi connectivity index (χ2n) is 8.98. The number of hydrogen-bond donors (Lipinski definition) is 0. The van der Waals surface area contributed by atoms with Crippen molar-refractivity contribution in [2.75, 3.05) is 19.8 Å². The van der Waals surface area contributed by atoms with Crippen molar-refractivity contribution in [2.24, 2.45) is 5.92 Å². The number of halogens is 2. The van der Waals surface area contributed by atoms with Crippen LogP contribution in [-0.4, -0.2) is 32.0 Å². The van der Waals surface area contributed by atoms with Crippen LogP contribution in [0.5, 0.6) is 5.75 Å². The van der Waals surface area contributed by atoms with Crippen LogP contribution in [-0.2, 0) is 9.47 Å².